The molecule has 0 aromatic heterocycles. The van der Waals surface area contributed by atoms with E-state index in [4.69, 9.17) is 12.2 Å². The van der Waals surface area contributed by atoms with Crippen molar-refractivity contribution in [2.45, 2.75) is 0 Å². The standard InChI is InChI=1S/K.Mn.H2O.2O/h;;1H2;;/q2*+1;;;-1/p-1. The molecule has 0 amide bonds. The summed E-state index contributed by atoms with van der Waals surface area (Å²) >= 11 is -3.40. The second-order valence-corrected chi connectivity index (χ2v) is 0.829. The van der Waals surface area contributed by atoms with Crippen LogP contribution in [0, 0.1) is 0 Å². The summed E-state index contributed by atoms with van der Waals surface area (Å²) in [6.07, 6.45) is 0. The Bertz CT molecular complexity index is 29.9. The van der Waals surface area contributed by atoms with Crippen molar-refractivity contribution in [1.29, 1.82) is 0 Å². The van der Waals surface area contributed by atoms with Crippen LogP contribution >= 0.6 is 0 Å². The Morgan fingerprint density at radius 1 is 1.80 bits per heavy atom. The van der Waals surface area contributed by atoms with Crippen molar-refractivity contribution in [1.82, 2.24) is 0 Å². The van der Waals surface area contributed by atoms with Gasteiger partial charge in [-0.05, 0) is 0 Å². The number of rotatable bonds is 0. The van der Waals surface area contributed by atoms with Crippen LogP contribution in [0.25, 0.3) is 0 Å². The van der Waals surface area contributed by atoms with Crippen LogP contribution in [0.3, 0.4) is 0 Å². The third-order valence-corrected chi connectivity index (χ3v) is 0. The molecule has 5 heavy (non-hydrogen) atoms. The predicted molar refractivity (Wildman–Crippen MR) is 2.91 cm³/mol. The van der Waals surface area contributed by atoms with E-state index in [0.717, 1.165) is 0 Å². The molecule has 0 aliphatic heterocycles. The van der Waals surface area contributed by atoms with E-state index in [9.17, 15) is 0 Å². The van der Waals surface area contributed by atoms with E-state index >= 15 is 0 Å². The molecule has 5 heteroatoms. The van der Waals surface area contributed by atoms with Gasteiger partial charge in [-0.25, -0.2) is 0 Å². The first-order chi connectivity index (χ1) is 1.73. The first-order valence-electron chi connectivity index (χ1n) is 0.478. The van der Waals surface area contributed by atoms with E-state index in [1.54, 1.807) is 0 Å². The van der Waals surface area contributed by atoms with Gasteiger partial charge >= 0.3 is 78.1 Å². The molecular weight excluding hydrogens is 142 g/mol. The zero-order chi connectivity index (χ0) is 3.58. The van der Waals surface area contributed by atoms with Crippen molar-refractivity contribution >= 4 is 0 Å². The van der Waals surface area contributed by atoms with E-state index in [-0.39, 0.29) is 51.4 Å². The van der Waals surface area contributed by atoms with Crippen LogP contribution in [0.2, 0.25) is 0 Å². The molecule has 0 heterocycles. The van der Waals surface area contributed by atoms with E-state index in [0.29, 0.717) is 0 Å². The summed E-state index contributed by atoms with van der Waals surface area (Å²) in [4.78, 5) is 0. The summed E-state index contributed by atoms with van der Waals surface area (Å²) < 4.78 is 24.3. The van der Waals surface area contributed by atoms with Crippen molar-refractivity contribution < 1.29 is 78.1 Å². The second kappa shape index (κ2) is 5.88. The molecule has 0 unspecified atom stereocenters. The summed E-state index contributed by atoms with van der Waals surface area (Å²) in [7, 11) is 0. The summed E-state index contributed by atoms with van der Waals surface area (Å²) in [6.45, 7) is 0. The van der Waals surface area contributed by atoms with Crippen LogP contribution in [-0.4, -0.2) is 4.19 Å². The summed E-state index contributed by atoms with van der Waals surface area (Å²) in [5.74, 6) is 0. The third kappa shape index (κ3) is 25.1. The molecule has 0 aliphatic rings. The quantitative estimate of drug-likeness (QED) is 0.346. The molecule has 0 saturated heterocycles. The SMILES string of the molecule is [K+].[O]=[Mn]([O-])[OH]. The molecule has 1 N–H and O–H groups in total. The monoisotopic (exact) mass is 143 g/mol. The normalized spacial score (nSPS) is 7.00. The molecule has 0 radical (unpaired) electrons. The van der Waals surface area contributed by atoms with E-state index in [2.05, 4.69) is 0 Å². The first-order valence-corrected chi connectivity index (χ1v) is 1.97. The molecule has 0 fully saturated rings. The topological polar surface area (TPSA) is 60.4 Å². The van der Waals surface area contributed by atoms with Gasteiger partial charge in [-0.15, -0.1) is 0 Å². The fourth-order valence-electron chi connectivity index (χ4n) is 0. The Balaban J connectivity index is 0. The van der Waals surface area contributed by atoms with Crippen LogP contribution in [-0.2, 0) is 18.3 Å². The van der Waals surface area contributed by atoms with Gasteiger partial charge in [0.15, 0.2) is 0 Å². The van der Waals surface area contributed by atoms with Gasteiger partial charge < -0.3 is 0 Å². The molecule has 0 rings (SSSR count). The Morgan fingerprint density at radius 3 is 1.80 bits per heavy atom. The Morgan fingerprint density at radius 2 is 1.80 bits per heavy atom. The van der Waals surface area contributed by atoms with Crippen LogP contribution in [0.5, 0.6) is 0 Å². The van der Waals surface area contributed by atoms with E-state index in [1.165, 1.54) is 0 Å². The second-order valence-electron chi connectivity index (χ2n) is 0.201. The van der Waals surface area contributed by atoms with Crippen molar-refractivity contribution in [3.05, 3.63) is 0 Å². The van der Waals surface area contributed by atoms with Crippen molar-refractivity contribution in [3.63, 3.8) is 0 Å². The fraction of sp³-hybridized carbons (Fsp3) is 0. The Labute approximate surface area is 76.5 Å². The first kappa shape index (κ1) is 9.99. The zero-order valence-corrected chi connectivity index (χ0v) is 6.95. The van der Waals surface area contributed by atoms with Crippen LogP contribution in [0.15, 0.2) is 0 Å². The predicted octanol–water partition coefficient (Wildman–Crippen LogP) is -4.86. The number of hydrogen-bond donors (Lipinski definition) is 1. The fourth-order valence-corrected chi connectivity index (χ4v) is 0. The van der Waals surface area contributed by atoms with Crippen LogP contribution < -0.4 is 55.6 Å². The minimum absolute atomic E-state index is 0. The molecule has 0 aromatic carbocycles. The molecule has 0 atom stereocenters. The van der Waals surface area contributed by atoms with Gasteiger partial charge in [-0.2, -0.15) is 0 Å². The average Bonchev–Trinajstić information content (AvgIpc) is 0.811. The van der Waals surface area contributed by atoms with Crippen LogP contribution in [0.4, 0.5) is 0 Å². The summed E-state index contributed by atoms with van der Waals surface area (Å²) in [6, 6.07) is 0. The van der Waals surface area contributed by atoms with Crippen LogP contribution in [0.1, 0.15) is 0 Å². The molecule has 0 bridgehead atoms. The van der Waals surface area contributed by atoms with Crippen molar-refractivity contribution in [2.75, 3.05) is 0 Å². The molecular formula is HKMnO3. The minimum atomic E-state index is -3.40. The Kier molecular flexibility index (Phi) is 11.7. The average molecular weight is 143 g/mol. The molecule has 0 saturated carbocycles. The maximum absolute atomic E-state index is 8.63. The summed E-state index contributed by atoms with van der Waals surface area (Å²) in [5, 5.41) is 0. The van der Waals surface area contributed by atoms with Gasteiger partial charge in [0.1, 0.15) is 0 Å². The Hall–Kier alpha value is 1.88. The summed E-state index contributed by atoms with van der Waals surface area (Å²) in [5.41, 5.74) is 0. The molecule has 0 aromatic rings. The van der Waals surface area contributed by atoms with E-state index in [1.807, 2.05) is 0 Å². The maximum atomic E-state index is 8.63. The van der Waals surface area contributed by atoms with Gasteiger partial charge in [-0.3, -0.25) is 0 Å². The molecule has 3 nitrogen and oxygen atoms in total. The van der Waals surface area contributed by atoms with Gasteiger partial charge in [0.25, 0.3) is 0 Å². The number of hydrogen-bond acceptors (Lipinski definition) is 2. The van der Waals surface area contributed by atoms with Gasteiger partial charge in [0.2, 0.25) is 0 Å². The van der Waals surface area contributed by atoms with Crippen molar-refractivity contribution in [3.8, 4) is 0 Å². The van der Waals surface area contributed by atoms with Gasteiger partial charge in [0.05, 0.1) is 0 Å². The molecule has 0 aliphatic carbocycles. The van der Waals surface area contributed by atoms with Crippen molar-refractivity contribution in [2.24, 2.45) is 0 Å². The van der Waals surface area contributed by atoms with Gasteiger partial charge in [-0.1, -0.05) is 0 Å². The third-order valence-electron chi connectivity index (χ3n) is 0. The molecule has 27 valence electrons. The molecule has 0 spiro atoms. The van der Waals surface area contributed by atoms with E-state index < -0.39 is 14.5 Å². The van der Waals surface area contributed by atoms with Gasteiger partial charge in [0, 0.05) is 0 Å². The zero-order valence-electron chi connectivity index (χ0n) is 2.64.